The van der Waals surface area contributed by atoms with Crippen molar-refractivity contribution in [1.29, 1.82) is 0 Å². The Balaban J connectivity index is 2.93. The van der Waals surface area contributed by atoms with Crippen molar-refractivity contribution in [1.82, 2.24) is 9.03 Å². The SMILES string of the molecule is CCN(C1COCC1C(=O)O)S(=O)(=O)NC(=O)OC. The van der Waals surface area contributed by atoms with Crippen LogP contribution < -0.4 is 4.72 Å². The van der Waals surface area contributed by atoms with Gasteiger partial charge in [0.2, 0.25) is 0 Å². The fourth-order valence-corrected chi connectivity index (χ4v) is 3.17. The molecule has 9 nitrogen and oxygen atoms in total. The quantitative estimate of drug-likeness (QED) is 0.667. The maximum atomic E-state index is 12.0. The molecule has 1 aliphatic rings. The normalized spacial score (nSPS) is 23.3. The van der Waals surface area contributed by atoms with E-state index in [9.17, 15) is 18.0 Å². The molecule has 0 spiro atoms. The molecule has 1 aliphatic heterocycles. The van der Waals surface area contributed by atoms with E-state index in [-0.39, 0.29) is 19.8 Å². The first-order valence-corrected chi connectivity index (χ1v) is 6.95. The molecule has 1 saturated heterocycles. The molecule has 0 aliphatic carbocycles. The van der Waals surface area contributed by atoms with Gasteiger partial charge in [0.15, 0.2) is 0 Å². The van der Waals surface area contributed by atoms with Crippen molar-refractivity contribution in [2.45, 2.75) is 13.0 Å². The van der Waals surface area contributed by atoms with Crippen LogP contribution in [0.3, 0.4) is 0 Å². The average Bonchev–Trinajstić information content (AvgIpc) is 2.77. The Morgan fingerprint density at radius 3 is 2.58 bits per heavy atom. The van der Waals surface area contributed by atoms with Crippen molar-refractivity contribution in [2.24, 2.45) is 5.92 Å². The van der Waals surface area contributed by atoms with Crippen molar-refractivity contribution >= 4 is 22.3 Å². The fraction of sp³-hybridized carbons (Fsp3) is 0.778. The number of carboxylic acids is 1. The number of hydrogen-bond donors (Lipinski definition) is 2. The molecule has 1 amide bonds. The highest BCUT2D eigenvalue weighted by molar-refractivity contribution is 7.87. The van der Waals surface area contributed by atoms with Gasteiger partial charge in [-0.25, -0.2) is 9.52 Å². The molecule has 2 N–H and O–H groups in total. The molecule has 110 valence electrons. The number of ether oxygens (including phenoxy) is 2. The summed E-state index contributed by atoms with van der Waals surface area (Å²) in [5.41, 5.74) is 0. The zero-order valence-electron chi connectivity index (χ0n) is 10.5. The minimum absolute atomic E-state index is 0.00410. The molecule has 0 aromatic heterocycles. The van der Waals surface area contributed by atoms with Gasteiger partial charge in [-0.05, 0) is 0 Å². The second kappa shape index (κ2) is 6.17. The first-order chi connectivity index (χ1) is 8.83. The van der Waals surface area contributed by atoms with Gasteiger partial charge in [-0.2, -0.15) is 12.7 Å². The van der Waals surface area contributed by atoms with Crippen LogP contribution in [0.15, 0.2) is 0 Å². The van der Waals surface area contributed by atoms with E-state index in [1.54, 1.807) is 4.72 Å². The highest BCUT2D eigenvalue weighted by Crippen LogP contribution is 2.22. The van der Waals surface area contributed by atoms with Gasteiger partial charge in [-0.15, -0.1) is 0 Å². The van der Waals surface area contributed by atoms with Crippen molar-refractivity contribution in [3.63, 3.8) is 0 Å². The molecular weight excluding hydrogens is 280 g/mol. The molecule has 1 fully saturated rings. The van der Waals surface area contributed by atoms with Crippen LogP contribution in [0, 0.1) is 5.92 Å². The predicted octanol–water partition coefficient (Wildman–Crippen LogP) is -0.991. The van der Waals surface area contributed by atoms with E-state index in [0.29, 0.717) is 0 Å². The number of carbonyl (C=O) groups excluding carboxylic acids is 1. The van der Waals surface area contributed by atoms with E-state index in [4.69, 9.17) is 9.84 Å². The number of carbonyl (C=O) groups is 2. The van der Waals surface area contributed by atoms with Gasteiger partial charge in [0.25, 0.3) is 0 Å². The molecule has 0 saturated carbocycles. The second-order valence-electron chi connectivity index (χ2n) is 3.85. The Labute approximate surface area is 110 Å². The summed E-state index contributed by atoms with van der Waals surface area (Å²) in [5, 5.41) is 9.01. The summed E-state index contributed by atoms with van der Waals surface area (Å²) in [6.07, 6.45) is -1.13. The molecule has 0 aromatic rings. The smallest absolute Gasteiger partial charge is 0.421 e. The summed E-state index contributed by atoms with van der Waals surface area (Å²) in [7, 11) is -3.14. The molecule has 1 heterocycles. The molecule has 0 bridgehead atoms. The van der Waals surface area contributed by atoms with Gasteiger partial charge in [0.1, 0.15) is 0 Å². The number of hydrogen-bond acceptors (Lipinski definition) is 6. The molecular formula is C9H16N2O7S. The third-order valence-electron chi connectivity index (χ3n) is 2.76. The number of aliphatic carboxylic acids is 1. The third kappa shape index (κ3) is 3.55. The van der Waals surface area contributed by atoms with Crippen molar-refractivity contribution in [2.75, 3.05) is 26.9 Å². The average molecular weight is 296 g/mol. The number of amides is 1. The van der Waals surface area contributed by atoms with E-state index in [1.165, 1.54) is 6.92 Å². The number of methoxy groups -OCH3 is 1. The molecule has 0 radical (unpaired) electrons. The monoisotopic (exact) mass is 296 g/mol. The lowest BCUT2D eigenvalue weighted by Crippen LogP contribution is -2.51. The highest BCUT2D eigenvalue weighted by Gasteiger charge is 2.42. The molecule has 2 unspecified atom stereocenters. The van der Waals surface area contributed by atoms with Crippen LogP contribution in [0.1, 0.15) is 6.92 Å². The standard InChI is InChI=1S/C9H16N2O7S/c1-3-11(19(15,16)10-9(14)17-2)7-5-18-4-6(7)8(12)13/h6-7H,3-5H2,1-2H3,(H,10,14)(H,12,13). The Morgan fingerprint density at radius 1 is 1.47 bits per heavy atom. The Hall–Kier alpha value is -1.39. The van der Waals surface area contributed by atoms with Crippen molar-refractivity contribution in [3.8, 4) is 0 Å². The van der Waals surface area contributed by atoms with Crippen LogP contribution in [0.4, 0.5) is 4.79 Å². The van der Waals surface area contributed by atoms with Gasteiger partial charge < -0.3 is 14.6 Å². The van der Waals surface area contributed by atoms with E-state index >= 15 is 0 Å². The molecule has 10 heteroatoms. The van der Waals surface area contributed by atoms with Gasteiger partial charge in [0.05, 0.1) is 32.3 Å². The Kier molecular flexibility index (Phi) is 5.09. The maximum absolute atomic E-state index is 12.0. The van der Waals surface area contributed by atoms with Gasteiger partial charge in [-0.1, -0.05) is 6.92 Å². The summed E-state index contributed by atoms with van der Waals surface area (Å²) < 4.78 is 35.7. The van der Waals surface area contributed by atoms with Crippen LogP contribution in [-0.4, -0.2) is 62.8 Å². The third-order valence-corrected chi connectivity index (χ3v) is 4.33. The zero-order chi connectivity index (χ0) is 14.6. The van der Waals surface area contributed by atoms with Crippen LogP contribution in [0.5, 0.6) is 0 Å². The highest BCUT2D eigenvalue weighted by atomic mass is 32.2. The van der Waals surface area contributed by atoms with Gasteiger partial charge in [0, 0.05) is 6.54 Å². The lowest BCUT2D eigenvalue weighted by atomic mass is 10.0. The van der Waals surface area contributed by atoms with Crippen LogP contribution in [0.25, 0.3) is 0 Å². The first-order valence-electron chi connectivity index (χ1n) is 5.51. The Morgan fingerprint density at radius 2 is 2.11 bits per heavy atom. The summed E-state index contributed by atoms with van der Waals surface area (Å²) in [4.78, 5) is 22.0. The summed E-state index contributed by atoms with van der Waals surface area (Å²) in [6.45, 7) is 1.44. The van der Waals surface area contributed by atoms with Crippen molar-refractivity contribution < 1.29 is 32.6 Å². The predicted molar refractivity (Wildman–Crippen MR) is 62.6 cm³/mol. The van der Waals surface area contributed by atoms with Crippen molar-refractivity contribution in [3.05, 3.63) is 0 Å². The number of rotatable bonds is 5. The Bertz CT molecular complexity index is 449. The van der Waals surface area contributed by atoms with Gasteiger partial charge >= 0.3 is 22.3 Å². The number of carboxylic acid groups (broad SMARTS) is 1. The summed E-state index contributed by atoms with van der Waals surface area (Å²) in [5.74, 6) is -2.11. The fourth-order valence-electron chi connectivity index (χ4n) is 1.85. The van der Waals surface area contributed by atoms with Gasteiger partial charge in [-0.3, -0.25) is 4.79 Å². The molecule has 0 aromatic carbocycles. The van der Waals surface area contributed by atoms with E-state index in [0.717, 1.165) is 11.4 Å². The number of nitrogens with zero attached hydrogens (tertiary/aromatic N) is 1. The van der Waals surface area contributed by atoms with E-state index < -0.39 is 34.2 Å². The molecule has 19 heavy (non-hydrogen) atoms. The molecule has 2 atom stereocenters. The lowest BCUT2D eigenvalue weighted by molar-refractivity contribution is -0.142. The largest absolute Gasteiger partial charge is 0.481 e. The van der Waals surface area contributed by atoms with E-state index in [2.05, 4.69) is 4.74 Å². The van der Waals surface area contributed by atoms with Crippen LogP contribution in [0.2, 0.25) is 0 Å². The minimum atomic E-state index is -4.17. The zero-order valence-corrected chi connectivity index (χ0v) is 11.3. The topological polar surface area (TPSA) is 122 Å². The lowest BCUT2D eigenvalue weighted by Gasteiger charge is -2.27. The number of nitrogens with one attached hydrogen (secondary N) is 1. The summed E-state index contributed by atoms with van der Waals surface area (Å²) >= 11 is 0. The minimum Gasteiger partial charge on any atom is -0.481 e. The number of likely N-dealkylation sites (N-methyl/N-ethyl adjacent to an activating group) is 1. The first kappa shape index (κ1) is 15.7. The summed E-state index contributed by atoms with van der Waals surface area (Å²) in [6, 6.07) is -0.857. The van der Waals surface area contributed by atoms with E-state index in [1.807, 2.05) is 0 Å². The second-order valence-corrected chi connectivity index (χ2v) is 5.47. The molecule has 1 rings (SSSR count). The maximum Gasteiger partial charge on any atom is 0.421 e. The van der Waals surface area contributed by atoms with Crippen LogP contribution >= 0.6 is 0 Å². The van der Waals surface area contributed by atoms with Crippen LogP contribution in [-0.2, 0) is 24.5 Å².